The molecule has 0 bridgehead atoms. The van der Waals surface area contributed by atoms with Crippen molar-refractivity contribution >= 4 is 82.5 Å². The SMILES string of the molecule is CC1(C)CC(n2nnc3cc(-c4ccc(-c5cn[nH]c5)cc4O)nnc32)CC(C)(C)N1.CC1(C)CC(n2nnc3cc(Cl)nnc32)CC(C)(C)N1.COCOc1cc(-c2cnn(C3CCCCO3)c2)ccc1-c1cc2nnn(C3CC(C)(C)NC(C)(C)C3)c2nn1.COCOc1cc(-c2cnn(C3CCCCO3)c2)ccc1B1OC(C)(C)C(C)(C)O1.Cl.Cl. The second kappa shape index (κ2) is 36.7. The summed E-state index contributed by atoms with van der Waals surface area (Å²) < 4.78 is 56.0. The van der Waals surface area contributed by atoms with Crippen LogP contribution in [0.1, 0.15) is 218 Å². The number of H-pyrrole nitrogens is 1. The summed E-state index contributed by atoms with van der Waals surface area (Å²) >= 11 is 5.84. The lowest BCUT2D eigenvalue weighted by atomic mass is 9.77. The van der Waals surface area contributed by atoms with E-state index in [9.17, 15) is 5.11 Å². The van der Waals surface area contributed by atoms with Gasteiger partial charge in [0.25, 0.3) is 0 Å². The first-order valence-electron chi connectivity index (χ1n) is 41.8. The van der Waals surface area contributed by atoms with Gasteiger partial charge in [0.2, 0.25) is 16.9 Å². The van der Waals surface area contributed by atoms with Crippen molar-refractivity contribution in [3.63, 3.8) is 0 Å². The summed E-state index contributed by atoms with van der Waals surface area (Å²) in [4.78, 5) is 0. The summed E-state index contributed by atoms with van der Waals surface area (Å²) in [5.74, 6) is 1.44. The number of fused-ring (bicyclic) bond motifs is 3. The number of rotatable bonds is 17. The van der Waals surface area contributed by atoms with Crippen LogP contribution in [0.3, 0.4) is 0 Å². The van der Waals surface area contributed by atoms with E-state index in [1.54, 1.807) is 38.7 Å². The van der Waals surface area contributed by atoms with Gasteiger partial charge >= 0.3 is 7.12 Å². The average Bonchev–Trinajstić information content (AvgIpc) is 1.66. The minimum atomic E-state index is -0.505. The highest BCUT2D eigenvalue weighted by molar-refractivity contribution is 6.63. The molecule has 18 rings (SSSR count). The maximum absolute atomic E-state index is 10.6. The van der Waals surface area contributed by atoms with E-state index >= 15 is 0 Å². The highest BCUT2D eigenvalue weighted by Crippen LogP contribution is 2.44. The fourth-order valence-electron chi connectivity index (χ4n) is 18.3. The maximum atomic E-state index is 10.6. The summed E-state index contributed by atoms with van der Waals surface area (Å²) in [6.07, 6.45) is 23.4. The number of phenols is 1. The summed E-state index contributed by atoms with van der Waals surface area (Å²) in [6, 6.07) is 23.6. The second-order valence-corrected chi connectivity index (χ2v) is 38.0. The Morgan fingerprint density at radius 3 is 1.28 bits per heavy atom. The van der Waals surface area contributed by atoms with Crippen LogP contribution in [0, 0.1) is 0 Å². The smallest absolute Gasteiger partial charge is 0.498 e. The number of hydrogen-bond acceptors (Lipinski definition) is 27. The van der Waals surface area contributed by atoms with Crippen molar-refractivity contribution in [1.82, 2.24) is 121 Å². The molecular formula is C86H116BCl3N24O9. The van der Waals surface area contributed by atoms with Crippen LogP contribution in [-0.2, 0) is 28.3 Å². The number of benzene rings is 3. The number of aromatic hydroxyl groups is 1. The first kappa shape index (κ1) is 91.4. The van der Waals surface area contributed by atoms with Gasteiger partial charge in [-0.05, 0) is 247 Å². The van der Waals surface area contributed by atoms with Crippen molar-refractivity contribution in [3.8, 4) is 73.1 Å². The minimum Gasteiger partial charge on any atom is -0.507 e. The molecule has 3 aromatic carbocycles. The minimum absolute atomic E-state index is 0. The third-order valence-electron chi connectivity index (χ3n) is 23.5. The number of phenolic OH excluding ortho intramolecular Hbond substituents is 1. The van der Waals surface area contributed by atoms with Crippen molar-refractivity contribution in [3.05, 3.63) is 115 Å². The zero-order valence-electron chi connectivity index (χ0n) is 73.5. The van der Waals surface area contributed by atoms with E-state index in [4.69, 9.17) is 49.3 Å². The van der Waals surface area contributed by atoms with Crippen LogP contribution in [-0.4, -0.2) is 203 Å². The molecule has 6 saturated heterocycles. The van der Waals surface area contributed by atoms with Crippen LogP contribution < -0.4 is 30.9 Å². The molecule has 6 aliphatic heterocycles. The third-order valence-corrected chi connectivity index (χ3v) is 23.7. The second-order valence-electron chi connectivity index (χ2n) is 37.7. The molecule has 12 aromatic rings. The summed E-state index contributed by atoms with van der Waals surface area (Å²) in [7, 11) is 2.70. The van der Waals surface area contributed by atoms with Gasteiger partial charge in [0.15, 0.2) is 18.7 Å². The molecule has 5 N–H and O–H groups in total. The standard InChI is InChI=1S/C29H38N8O3.C22H31BN2O5.C22H26N8O.C13H19ClN6.2ClH/c1-28(2)14-21(15-29(3,4)34-28)37-27-24(32-35-37)13-23(31-33-27)22-10-9-19(12-25(22)40-18-38-5)20-16-30-36(17-20)26-8-6-7-11-39-26;1-21(2)22(3,4)30-23(29-21)18-10-9-16(12-19(18)28-15-26-5)17-13-24-25(14-17)20-8-6-7-11-27-20;1-21(2)9-15(10-22(3,4)28-21)30-20-18(26-29-30)8-17(25-27-20)16-6-5-13(7-19(16)31)14-11-23-24-12-14;1-12(2)6-8(7-13(3,4)18-12)20-11-9(15-19-20)5-10(14)16-17-11;;/h9-10,12-13,16-17,21,26,34H,6-8,11,14-15,18H2,1-5H3;9-10,12-14,20H,6-8,11,15H2,1-5H3;5-8,11-12,15,28,31H,9-10H2,1-4H3,(H,23,24);5,8,18H,6-7H2,1-4H3;2*1H. The lowest BCUT2D eigenvalue weighted by molar-refractivity contribution is -0.0395. The third kappa shape index (κ3) is 21.1. The maximum Gasteiger partial charge on any atom is 0.498 e. The summed E-state index contributed by atoms with van der Waals surface area (Å²) in [5, 5.41) is 90.1. The topological polar surface area (TPSA) is 364 Å². The Balaban J connectivity index is 0.000000144. The van der Waals surface area contributed by atoms with Crippen LogP contribution >= 0.6 is 36.4 Å². The van der Waals surface area contributed by atoms with E-state index in [2.05, 4.69) is 181 Å². The van der Waals surface area contributed by atoms with Crippen LogP contribution in [0.4, 0.5) is 0 Å². The lowest BCUT2D eigenvalue weighted by Crippen LogP contribution is -2.58. The van der Waals surface area contributed by atoms with Gasteiger partial charge in [-0.1, -0.05) is 51.5 Å². The summed E-state index contributed by atoms with van der Waals surface area (Å²) in [5.41, 5.74) is 12.5. The largest absolute Gasteiger partial charge is 0.507 e. The van der Waals surface area contributed by atoms with Crippen LogP contribution in [0.2, 0.25) is 5.15 Å². The molecule has 33 nitrogen and oxygen atoms in total. The number of hydrogen-bond donors (Lipinski definition) is 5. The predicted molar refractivity (Wildman–Crippen MR) is 475 cm³/mol. The van der Waals surface area contributed by atoms with Crippen molar-refractivity contribution in [2.24, 2.45) is 0 Å². The molecule has 6 aliphatic rings. The number of aromatic amines is 1. The molecular weight excluding hydrogens is 1630 g/mol. The normalized spacial score (nSPS) is 20.7. The molecule has 9 aromatic heterocycles. The molecule has 658 valence electrons. The van der Waals surface area contributed by atoms with Crippen molar-refractivity contribution < 1.29 is 42.8 Å². The number of nitrogens with one attached hydrogen (secondary N) is 4. The van der Waals surface area contributed by atoms with Crippen molar-refractivity contribution in [2.75, 3.05) is 41.0 Å². The number of methoxy groups -OCH3 is 2. The van der Waals surface area contributed by atoms with Gasteiger partial charge in [-0.3, -0.25) is 5.10 Å². The highest BCUT2D eigenvalue weighted by atomic mass is 35.5. The fourth-order valence-corrected chi connectivity index (χ4v) is 18.5. The molecule has 0 saturated carbocycles. The molecule has 6 fully saturated rings. The molecule has 2 atom stereocenters. The zero-order valence-corrected chi connectivity index (χ0v) is 75.9. The number of piperidine rings is 3. The van der Waals surface area contributed by atoms with Gasteiger partial charge in [-0.25, -0.2) is 23.4 Å². The zero-order chi connectivity index (χ0) is 85.6. The van der Waals surface area contributed by atoms with Gasteiger partial charge in [0, 0.05) is 119 Å². The van der Waals surface area contributed by atoms with Crippen LogP contribution in [0.5, 0.6) is 17.2 Å². The molecule has 0 aliphatic carbocycles. The molecule has 123 heavy (non-hydrogen) atoms. The molecule has 37 heteroatoms. The number of nitrogens with zero attached hydrogens (tertiary/aromatic N) is 20. The van der Waals surface area contributed by atoms with Crippen LogP contribution in [0.15, 0.2) is 110 Å². The average molecular weight is 1750 g/mol. The van der Waals surface area contributed by atoms with Crippen molar-refractivity contribution in [2.45, 2.75) is 263 Å². The number of ether oxygens (including phenoxy) is 6. The van der Waals surface area contributed by atoms with E-state index in [1.807, 2.05) is 137 Å². The van der Waals surface area contributed by atoms with E-state index < -0.39 is 18.3 Å². The number of aromatic nitrogens is 21. The Kier molecular flexibility index (Phi) is 27.3. The number of halogens is 3. The fraction of sp³-hybridized carbons (Fsp3) is 0.547. The molecule has 2 unspecified atom stereocenters. The Morgan fingerprint density at radius 1 is 0.455 bits per heavy atom. The lowest BCUT2D eigenvalue weighted by Gasteiger charge is -2.46. The molecule has 0 spiro atoms. The first-order valence-corrected chi connectivity index (χ1v) is 42.2. The van der Waals surface area contributed by atoms with E-state index in [0.29, 0.717) is 67.1 Å². The Hall–Kier alpha value is -9.30. The van der Waals surface area contributed by atoms with Gasteiger partial charge in [0.05, 0.1) is 59.3 Å². The summed E-state index contributed by atoms with van der Waals surface area (Å²) in [6.45, 7) is 36.6. The van der Waals surface area contributed by atoms with E-state index in [0.717, 1.165) is 135 Å². The van der Waals surface area contributed by atoms with Crippen LogP contribution in [0.25, 0.3) is 89.4 Å². The highest BCUT2D eigenvalue weighted by Gasteiger charge is 2.53. The Labute approximate surface area is 734 Å². The van der Waals surface area contributed by atoms with E-state index in [-0.39, 0.29) is 108 Å². The monoisotopic (exact) mass is 1740 g/mol. The first-order chi connectivity index (χ1) is 57.5. The Bertz CT molecular complexity index is 5540. The van der Waals surface area contributed by atoms with Gasteiger partial charge in [-0.15, -0.1) is 70.7 Å². The molecule has 0 amide bonds. The molecule has 0 radical (unpaired) electrons. The quantitative estimate of drug-likeness (QED) is 0.0417. The molecule has 15 heterocycles. The Morgan fingerprint density at radius 2 is 0.862 bits per heavy atom. The predicted octanol–water partition coefficient (Wildman–Crippen LogP) is 15.1. The van der Waals surface area contributed by atoms with Crippen molar-refractivity contribution in [1.29, 1.82) is 0 Å². The van der Waals surface area contributed by atoms with E-state index in [1.165, 1.54) is 0 Å². The van der Waals surface area contributed by atoms with Gasteiger partial charge in [0.1, 0.15) is 46.3 Å². The van der Waals surface area contributed by atoms with Gasteiger partial charge < -0.3 is 58.8 Å². The van der Waals surface area contributed by atoms with Gasteiger partial charge in [-0.2, -0.15) is 15.3 Å².